The van der Waals surface area contributed by atoms with E-state index in [0.29, 0.717) is 40.7 Å². The minimum absolute atomic E-state index is 0.268. The first-order chi connectivity index (χ1) is 14.3. The van der Waals surface area contributed by atoms with Crippen LogP contribution in [0.1, 0.15) is 91.9 Å². The highest BCUT2D eigenvalue weighted by Gasteiger charge is 2.69. The molecule has 2 unspecified atom stereocenters. The third kappa shape index (κ3) is 2.61. The largest absolute Gasteiger partial charge is 0.349 e. The van der Waals surface area contributed by atoms with Crippen molar-refractivity contribution in [2.45, 2.75) is 110 Å². The normalized spacial score (nSPS) is 62.5. The van der Waals surface area contributed by atoms with Gasteiger partial charge in [0.1, 0.15) is 0 Å². The molecule has 3 heteroatoms. The van der Waals surface area contributed by atoms with Crippen LogP contribution in [-0.4, -0.2) is 24.5 Å². The molecular formula is C27H45NO2. The predicted octanol–water partition coefficient (Wildman–Crippen LogP) is 5.76. The Kier molecular flexibility index (Phi) is 4.58. The highest BCUT2D eigenvalue weighted by atomic mass is 16.7. The van der Waals surface area contributed by atoms with E-state index in [4.69, 9.17) is 15.2 Å². The van der Waals surface area contributed by atoms with Crippen LogP contribution in [0.25, 0.3) is 0 Å². The van der Waals surface area contributed by atoms with Gasteiger partial charge in [-0.3, -0.25) is 0 Å². The number of nitrogens with two attached hydrogens (primary N) is 1. The number of hydrogen-bond acceptors (Lipinski definition) is 3. The Hall–Kier alpha value is -0.120. The van der Waals surface area contributed by atoms with E-state index in [2.05, 4.69) is 27.7 Å². The van der Waals surface area contributed by atoms with Crippen LogP contribution >= 0.6 is 0 Å². The van der Waals surface area contributed by atoms with E-state index in [0.717, 1.165) is 36.7 Å². The summed E-state index contributed by atoms with van der Waals surface area (Å²) in [7, 11) is 0. The van der Waals surface area contributed by atoms with Gasteiger partial charge < -0.3 is 15.2 Å². The first kappa shape index (κ1) is 20.5. The summed E-state index contributed by atoms with van der Waals surface area (Å²) in [4.78, 5) is 0. The number of hydrogen-bond donors (Lipinski definition) is 1. The van der Waals surface area contributed by atoms with E-state index in [1.54, 1.807) is 0 Å². The quantitative estimate of drug-likeness (QED) is 0.547. The molecule has 0 aromatic rings. The van der Waals surface area contributed by atoms with Crippen LogP contribution in [0.2, 0.25) is 0 Å². The SMILES string of the molecule is CC1CC[C@@]2(OC1)O[C@H]1C[C@H]3[C@@H]4CC[C@H]5CC(N)CC[C@]5(C)[C@H]4CC[C@]3(C)[C@H]1[C@@H]2C. The zero-order valence-electron chi connectivity index (χ0n) is 19.9. The summed E-state index contributed by atoms with van der Waals surface area (Å²) in [6, 6.07) is 0.461. The Labute approximate surface area is 184 Å². The van der Waals surface area contributed by atoms with Crippen LogP contribution in [-0.2, 0) is 9.47 Å². The molecule has 3 nitrogen and oxygen atoms in total. The Morgan fingerprint density at radius 1 is 0.833 bits per heavy atom. The van der Waals surface area contributed by atoms with E-state index in [1.165, 1.54) is 57.8 Å². The molecule has 4 saturated carbocycles. The zero-order valence-corrected chi connectivity index (χ0v) is 19.9. The van der Waals surface area contributed by atoms with E-state index < -0.39 is 0 Å². The molecule has 0 aromatic carbocycles. The fourth-order valence-electron chi connectivity index (χ4n) is 10.3. The molecule has 6 fully saturated rings. The van der Waals surface area contributed by atoms with Gasteiger partial charge in [0.15, 0.2) is 5.79 Å². The number of fused-ring (bicyclic) bond motifs is 7. The van der Waals surface area contributed by atoms with Crippen molar-refractivity contribution in [2.75, 3.05) is 6.61 Å². The molecule has 6 rings (SSSR count). The standard InChI is InChI=1S/C27H45NO2/c1-16-7-12-27(29-15-16)17(2)24-23(30-27)14-22-20-6-5-18-13-19(28)8-10-25(18,3)21(20)9-11-26(22,24)4/h16-24H,5-15,28H2,1-4H3/t16?,17-,18-,19?,20+,21-,22-,23-,24-,25-,26-,27+/m0/s1. The average molecular weight is 416 g/mol. The summed E-state index contributed by atoms with van der Waals surface area (Å²) in [5.74, 6) is 5.25. The van der Waals surface area contributed by atoms with Gasteiger partial charge in [-0.1, -0.05) is 27.7 Å². The van der Waals surface area contributed by atoms with Crippen molar-refractivity contribution in [1.29, 1.82) is 0 Å². The number of rotatable bonds is 0. The van der Waals surface area contributed by atoms with Crippen molar-refractivity contribution >= 4 is 0 Å². The lowest BCUT2D eigenvalue weighted by Crippen LogP contribution is -2.55. The molecule has 170 valence electrons. The van der Waals surface area contributed by atoms with Crippen LogP contribution < -0.4 is 5.73 Å². The zero-order chi connectivity index (χ0) is 20.9. The highest BCUT2D eigenvalue weighted by Crippen LogP contribution is 2.71. The number of ether oxygens (including phenoxy) is 2. The maximum absolute atomic E-state index is 6.92. The summed E-state index contributed by atoms with van der Waals surface area (Å²) in [5, 5.41) is 0. The van der Waals surface area contributed by atoms with Crippen LogP contribution in [0, 0.1) is 52.3 Å². The van der Waals surface area contributed by atoms with Gasteiger partial charge in [0.05, 0.1) is 12.7 Å². The van der Waals surface area contributed by atoms with E-state index in [9.17, 15) is 0 Å². The summed E-state index contributed by atoms with van der Waals surface area (Å²) in [6.45, 7) is 11.0. The molecule has 30 heavy (non-hydrogen) atoms. The van der Waals surface area contributed by atoms with Crippen LogP contribution in [0.4, 0.5) is 0 Å². The van der Waals surface area contributed by atoms with Crippen LogP contribution in [0.15, 0.2) is 0 Å². The van der Waals surface area contributed by atoms with E-state index >= 15 is 0 Å². The van der Waals surface area contributed by atoms with Crippen LogP contribution in [0.5, 0.6) is 0 Å². The van der Waals surface area contributed by atoms with Crippen molar-refractivity contribution in [2.24, 2.45) is 58.0 Å². The molecular weight excluding hydrogens is 370 g/mol. The molecule has 6 aliphatic rings. The molecule has 12 atom stereocenters. The Morgan fingerprint density at radius 3 is 2.40 bits per heavy atom. The summed E-state index contributed by atoms with van der Waals surface area (Å²) in [5.41, 5.74) is 7.40. The average Bonchev–Trinajstić information content (AvgIpc) is 3.16. The second-order valence-electron chi connectivity index (χ2n) is 13.2. The van der Waals surface area contributed by atoms with Gasteiger partial charge in [-0.25, -0.2) is 0 Å². The molecule has 0 bridgehead atoms. The van der Waals surface area contributed by atoms with Crippen molar-refractivity contribution in [3.8, 4) is 0 Å². The lowest BCUT2D eigenvalue weighted by Gasteiger charge is -2.61. The molecule has 0 amide bonds. The Balaban J connectivity index is 1.26. The fourth-order valence-corrected chi connectivity index (χ4v) is 10.3. The highest BCUT2D eigenvalue weighted by molar-refractivity contribution is 5.15. The van der Waals surface area contributed by atoms with Gasteiger partial charge >= 0.3 is 0 Å². The molecule has 0 aromatic heterocycles. The van der Waals surface area contributed by atoms with Crippen LogP contribution in [0.3, 0.4) is 0 Å². The van der Waals surface area contributed by atoms with Gasteiger partial charge in [-0.05, 0) is 104 Å². The minimum Gasteiger partial charge on any atom is -0.349 e. The van der Waals surface area contributed by atoms with Gasteiger partial charge in [0.2, 0.25) is 0 Å². The summed E-state index contributed by atoms with van der Waals surface area (Å²) >= 11 is 0. The smallest absolute Gasteiger partial charge is 0.171 e. The Morgan fingerprint density at radius 2 is 1.63 bits per heavy atom. The monoisotopic (exact) mass is 415 g/mol. The molecule has 2 aliphatic heterocycles. The van der Waals surface area contributed by atoms with Gasteiger partial charge in [0.25, 0.3) is 0 Å². The molecule has 1 spiro atoms. The van der Waals surface area contributed by atoms with Crippen molar-refractivity contribution in [3.05, 3.63) is 0 Å². The van der Waals surface area contributed by atoms with Crippen molar-refractivity contribution < 1.29 is 9.47 Å². The molecule has 4 aliphatic carbocycles. The molecule has 2 N–H and O–H groups in total. The van der Waals surface area contributed by atoms with Crippen molar-refractivity contribution in [3.63, 3.8) is 0 Å². The molecule has 2 heterocycles. The van der Waals surface area contributed by atoms with E-state index in [1.807, 2.05) is 0 Å². The fraction of sp³-hybridized carbons (Fsp3) is 1.00. The first-order valence-electron chi connectivity index (χ1n) is 13.3. The van der Waals surface area contributed by atoms with Gasteiger partial charge in [0, 0.05) is 18.4 Å². The second-order valence-corrected chi connectivity index (χ2v) is 13.2. The molecule has 0 radical (unpaired) electrons. The minimum atomic E-state index is -0.268. The van der Waals surface area contributed by atoms with Crippen molar-refractivity contribution in [1.82, 2.24) is 0 Å². The summed E-state index contributed by atoms with van der Waals surface area (Å²) in [6.07, 6.45) is 13.7. The predicted molar refractivity (Wildman–Crippen MR) is 120 cm³/mol. The third-order valence-electron chi connectivity index (χ3n) is 12.0. The van der Waals surface area contributed by atoms with E-state index in [-0.39, 0.29) is 5.79 Å². The second kappa shape index (κ2) is 6.70. The summed E-state index contributed by atoms with van der Waals surface area (Å²) < 4.78 is 13.4. The first-order valence-corrected chi connectivity index (χ1v) is 13.3. The van der Waals surface area contributed by atoms with Gasteiger partial charge in [-0.15, -0.1) is 0 Å². The molecule has 2 saturated heterocycles. The Bertz CT molecular complexity index is 686. The van der Waals surface area contributed by atoms with Gasteiger partial charge in [-0.2, -0.15) is 0 Å². The lowest BCUT2D eigenvalue weighted by molar-refractivity contribution is -0.273. The topological polar surface area (TPSA) is 44.5 Å². The third-order valence-corrected chi connectivity index (χ3v) is 12.0. The lowest BCUT2D eigenvalue weighted by atomic mass is 9.44. The maximum atomic E-state index is 6.92. The maximum Gasteiger partial charge on any atom is 0.171 e.